The number of alkyl halides is 2. The summed E-state index contributed by atoms with van der Waals surface area (Å²) in [4.78, 5) is 14.1. The van der Waals surface area contributed by atoms with Crippen LogP contribution in [0.3, 0.4) is 0 Å². The lowest BCUT2D eigenvalue weighted by Crippen LogP contribution is -2.41. The van der Waals surface area contributed by atoms with Crippen molar-refractivity contribution < 1.29 is 27.8 Å². The number of carboxylic acid groups (broad SMARTS) is 1. The maximum Gasteiger partial charge on any atom is 0.347 e. The van der Waals surface area contributed by atoms with Crippen molar-refractivity contribution in [2.45, 2.75) is 12.3 Å². The predicted molar refractivity (Wildman–Crippen MR) is 75.7 cm³/mol. The lowest BCUT2D eigenvalue weighted by molar-refractivity contribution is -0.624. The van der Waals surface area contributed by atoms with Gasteiger partial charge in [0, 0.05) is 36.3 Å². The van der Waals surface area contributed by atoms with E-state index in [9.17, 15) is 28.3 Å². The van der Waals surface area contributed by atoms with Crippen molar-refractivity contribution >= 4 is 23.4 Å². The average Bonchev–Trinajstić information content (AvgIpc) is 2.50. The van der Waals surface area contributed by atoms with Crippen LogP contribution < -0.4 is 15.2 Å². The number of hydrogen-bond acceptors (Lipinski definition) is 5. The molecule has 1 N–H and O–H groups in total. The average molecular weight is 361 g/mol. The Bertz CT molecular complexity index is 774. The van der Waals surface area contributed by atoms with Gasteiger partial charge in [-0.05, 0) is 6.07 Å². The van der Waals surface area contributed by atoms with Crippen LogP contribution in [-0.4, -0.2) is 17.5 Å². The highest BCUT2D eigenvalue weighted by atomic mass is 35.5. The van der Waals surface area contributed by atoms with Gasteiger partial charge in [-0.2, -0.15) is 13.5 Å². The lowest BCUT2D eigenvalue weighted by atomic mass is 10.1. The lowest BCUT2D eigenvalue weighted by Gasteiger charge is -2.17. The summed E-state index contributed by atoms with van der Waals surface area (Å²) in [6.45, 7) is -1.13. The number of nitrogens with zero attached hydrogens (tertiary/aromatic N) is 2. The number of aliphatic carboxylic acids is 1. The summed E-state index contributed by atoms with van der Waals surface area (Å²) < 4.78 is 42.3. The Morgan fingerprint density at radius 3 is 2.75 bits per heavy atom. The fourth-order valence-corrected chi connectivity index (χ4v) is 2.13. The molecule has 0 aromatic carbocycles. The van der Waals surface area contributed by atoms with Crippen LogP contribution in [0.4, 0.5) is 19.0 Å². The molecule has 2 heterocycles. The number of aromatic nitrogens is 2. The summed E-state index contributed by atoms with van der Waals surface area (Å²) in [6.07, 6.45) is 1.000. The van der Waals surface area contributed by atoms with Crippen LogP contribution in [0.15, 0.2) is 30.6 Å². The first-order valence-electron chi connectivity index (χ1n) is 6.55. The van der Waals surface area contributed by atoms with Crippen LogP contribution in [-0.2, 0) is 17.1 Å². The monoisotopic (exact) mass is 360 g/mol. The first kappa shape index (κ1) is 17.8. The fraction of sp³-hybridized carbons (Fsp3) is 0.214. The van der Waals surface area contributed by atoms with Gasteiger partial charge in [0.25, 0.3) is 5.69 Å². The standard InChI is InChI=1S/C14H11ClF3N3O3/c15-9-6-19-13(12(16)8(9)5-11(22)23)20-7-14(17,18)10-3-1-2-4-21(10)24/h1-4,6H,5,7H2,(H,19,20)(H,22,23)/p-1. The molecule has 2 aromatic rings. The molecule has 0 amide bonds. The van der Waals surface area contributed by atoms with Gasteiger partial charge >= 0.3 is 5.92 Å². The third kappa shape index (κ3) is 3.85. The minimum Gasteiger partial charge on any atom is -0.618 e. The summed E-state index contributed by atoms with van der Waals surface area (Å²) in [6, 6.07) is 3.48. The molecule has 10 heteroatoms. The Hall–Kier alpha value is -2.55. The molecule has 0 unspecified atom stereocenters. The second-order valence-corrected chi connectivity index (χ2v) is 5.17. The Kier molecular flexibility index (Phi) is 5.13. The first-order valence-corrected chi connectivity index (χ1v) is 6.93. The van der Waals surface area contributed by atoms with Crippen molar-refractivity contribution in [3.05, 3.63) is 57.9 Å². The van der Waals surface area contributed by atoms with Gasteiger partial charge in [0.15, 0.2) is 17.8 Å². The second kappa shape index (κ2) is 6.91. The predicted octanol–water partition coefficient (Wildman–Crippen LogP) is 1.00. The Balaban J connectivity index is 2.23. The van der Waals surface area contributed by atoms with Crippen molar-refractivity contribution in [3.8, 4) is 0 Å². The van der Waals surface area contributed by atoms with Crippen molar-refractivity contribution in [1.82, 2.24) is 4.98 Å². The van der Waals surface area contributed by atoms with Crippen LogP contribution >= 0.6 is 11.6 Å². The van der Waals surface area contributed by atoms with Crippen LogP contribution in [0.1, 0.15) is 11.3 Å². The van der Waals surface area contributed by atoms with Gasteiger partial charge in [-0.1, -0.05) is 11.6 Å². The molecular formula is C14H10ClF3N3O3-. The number of pyridine rings is 2. The molecule has 0 aliphatic carbocycles. The molecule has 2 rings (SSSR count). The van der Waals surface area contributed by atoms with E-state index in [4.69, 9.17) is 11.6 Å². The number of carboxylic acids is 1. The van der Waals surface area contributed by atoms with Gasteiger partial charge in [0.2, 0.25) is 0 Å². The minimum absolute atomic E-state index is 0.00511. The third-order valence-corrected chi connectivity index (χ3v) is 3.39. The molecule has 0 saturated carbocycles. The van der Waals surface area contributed by atoms with Crippen molar-refractivity contribution in [1.29, 1.82) is 0 Å². The summed E-state index contributed by atoms with van der Waals surface area (Å²) in [7, 11) is 0. The minimum atomic E-state index is -3.62. The Labute approximate surface area is 139 Å². The van der Waals surface area contributed by atoms with Gasteiger partial charge in [-0.15, -0.1) is 0 Å². The molecule has 0 fully saturated rings. The number of carbonyl (C=O) groups excluding carboxylic acids is 1. The molecule has 0 aliphatic heterocycles. The summed E-state index contributed by atoms with van der Waals surface area (Å²) in [5.41, 5.74) is -1.27. The molecule has 0 bridgehead atoms. The van der Waals surface area contributed by atoms with Gasteiger partial charge in [0.1, 0.15) is 0 Å². The molecule has 0 spiro atoms. The van der Waals surface area contributed by atoms with Gasteiger partial charge in [-0.25, -0.2) is 9.37 Å². The molecule has 0 atom stereocenters. The van der Waals surface area contributed by atoms with Gasteiger partial charge in [-0.3, -0.25) is 0 Å². The van der Waals surface area contributed by atoms with Crippen molar-refractivity contribution in [2.75, 3.05) is 11.9 Å². The van der Waals surface area contributed by atoms with E-state index in [0.29, 0.717) is 0 Å². The first-order chi connectivity index (χ1) is 11.2. The molecule has 0 saturated heterocycles. The van der Waals surface area contributed by atoms with E-state index in [0.717, 1.165) is 18.5 Å². The number of anilines is 1. The zero-order valence-electron chi connectivity index (χ0n) is 11.9. The topological polar surface area (TPSA) is 92.0 Å². The Morgan fingerprint density at radius 1 is 1.42 bits per heavy atom. The zero-order valence-corrected chi connectivity index (χ0v) is 12.7. The number of halogens is 4. The highest BCUT2D eigenvalue weighted by Crippen LogP contribution is 2.28. The molecule has 0 aliphatic rings. The quantitative estimate of drug-likeness (QED) is 0.613. The second-order valence-electron chi connectivity index (χ2n) is 4.77. The van der Waals surface area contributed by atoms with E-state index in [1.165, 1.54) is 12.1 Å². The van der Waals surface area contributed by atoms with Crippen LogP contribution in [0.2, 0.25) is 5.02 Å². The number of rotatable bonds is 6. The molecule has 2 aromatic heterocycles. The van der Waals surface area contributed by atoms with E-state index in [-0.39, 0.29) is 9.75 Å². The molecular weight excluding hydrogens is 351 g/mol. The van der Waals surface area contributed by atoms with E-state index >= 15 is 0 Å². The highest BCUT2D eigenvalue weighted by Gasteiger charge is 2.39. The SMILES string of the molecule is O=C([O-])Cc1c(Cl)cnc(NCC(F)(F)c2cccc[n+]2[O-])c1F. The highest BCUT2D eigenvalue weighted by molar-refractivity contribution is 6.31. The number of hydrogen-bond donors (Lipinski definition) is 1. The molecule has 128 valence electrons. The van der Waals surface area contributed by atoms with Crippen molar-refractivity contribution in [3.63, 3.8) is 0 Å². The van der Waals surface area contributed by atoms with E-state index in [1.54, 1.807) is 0 Å². The third-order valence-electron chi connectivity index (χ3n) is 3.07. The fourth-order valence-electron chi connectivity index (χ4n) is 1.93. The zero-order chi connectivity index (χ0) is 17.9. The van der Waals surface area contributed by atoms with E-state index in [2.05, 4.69) is 10.3 Å². The maximum atomic E-state index is 14.1. The van der Waals surface area contributed by atoms with Crippen LogP contribution in [0.5, 0.6) is 0 Å². The van der Waals surface area contributed by atoms with E-state index in [1.807, 2.05) is 0 Å². The van der Waals surface area contributed by atoms with Gasteiger partial charge in [0.05, 0.1) is 11.6 Å². The summed E-state index contributed by atoms with van der Waals surface area (Å²) in [5.74, 6) is -6.99. The molecule has 24 heavy (non-hydrogen) atoms. The maximum absolute atomic E-state index is 14.1. The van der Waals surface area contributed by atoms with Crippen molar-refractivity contribution in [2.24, 2.45) is 0 Å². The number of carbonyl (C=O) groups is 1. The van der Waals surface area contributed by atoms with E-state index < -0.39 is 47.7 Å². The molecule has 6 nitrogen and oxygen atoms in total. The van der Waals surface area contributed by atoms with Crippen LogP contribution in [0, 0.1) is 11.0 Å². The van der Waals surface area contributed by atoms with Crippen LogP contribution in [0.25, 0.3) is 0 Å². The molecule has 0 radical (unpaired) electrons. The Morgan fingerprint density at radius 2 is 2.12 bits per heavy atom. The summed E-state index contributed by atoms with van der Waals surface area (Å²) >= 11 is 5.64. The summed E-state index contributed by atoms with van der Waals surface area (Å²) in [5, 5.41) is 23.8. The largest absolute Gasteiger partial charge is 0.618 e. The normalized spacial score (nSPS) is 11.3. The van der Waals surface area contributed by atoms with Gasteiger partial charge < -0.3 is 20.4 Å². The number of nitrogens with one attached hydrogen (secondary N) is 1. The smallest absolute Gasteiger partial charge is 0.347 e.